The number of benzene rings is 1. The average molecular weight is 274 g/mol. The van der Waals surface area contributed by atoms with Gasteiger partial charge >= 0.3 is 0 Å². The average Bonchev–Trinajstić information content (AvgIpc) is 2.48. The molecule has 20 heavy (non-hydrogen) atoms. The third-order valence-corrected chi connectivity index (χ3v) is 4.66. The van der Waals surface area contributed by atoms with E-state index in [1.54, 1.807) is 0 Å². The van der Waals surface area contributed by atoms with Gasteiger partial charge in [0.2, 0.25) is 0 Å². The van der Waals surface area contributed by atoms with Crippen molar-refractivity contribution in [2.24, 2.45) is 11.7 Å². The lowest BCUT2D eigenvalue weighted by Crippen LogP contribution is -2.36. The molecule has 3 rings (SSSR count). The van der Waals surface area contributed by atoms with Gasteiger partial charge < -0.3 is 15.4 Å². The van der Waals surface area contributed by atoms with E-state index in [0.29, 0.717) is 0 Å². The van der Waals surface area contributed by atoms with Crippen molar-refractivity contribution in [3.63, 3.8) is 0 Å². The van der Waals surface area contributed by atoms with Gasteiger partial charge in [0.25, 0.3) is 0 Å². The maximum absolute atomic E-state index is 6.00. The summed E-state index contributed by atoms with van der Waals surface area (Å²) in [5.74, 6) is 0.794. The second-order valence-corrected chi connectivity index (χ2v) is 6.28. The summed E-state index contributed by atoms with van der Waals surface area (Å²) in [4.78, 5) is 2.58. The van der Waals surface area contributed by atoms with E-state index >= 15 is 0 Å². The SMILES string of the molecule is CC(N)c1ccc2c(c1)CCCN2CC1CCOCC1. The van der Waals surface area contributed by atoms with Crippen molar-refractivity contribution in [2.75, 3.05) is 31.2 Å². The third-order valence-electron chi connectivity index (χ3n) is 4.66. The molecule has 3 heteroatoms. The lowest BCUT2D eigenvalue weighted by Gasteiger charge is -2.35. The molecule has 0 radical (unpaired) electrons. The number of nitrogens with two attached hydrogens (primary N) is 1. The quantitative estimate of drug-likeness (QED) is 0.921. The highest BCUT2D eigenvalue weighted by Crippen LogP contribution is 2.31. The van der Waals surface area contributed by atoms with Gasteiger partial charge in [0.15, 0.2) is 0 Å². The van der Waals surface area contributed by atoms with E-state index < -0.39 is 0 Å². The highest BCUT2D eigenvalue weighted by atomic mass is 16.5. The molecule has 1 atom stereocenters. The van der Waals surface area contributed by atoms with Gasteiger partial charge in [0, 0.05) is 38.0 Å². The molecule has 0 aromatic heterocycles. The Labute approximate surface area is 122 Å². The highest BCUT2D eigenvalue weighted by molar-refractivity contribution is 5.57. The zero-order chi connectivity index (χ0) is 13.9. The van der Waals surface area contributed by atoms with E-state index in [0.717, 1.165) is 19.1 Å². The number of hydrogen-bond acceptors (Lipinski definition) is 3. The number of nitrogens with zero attached hydrogens (tertiary/aromatic N) is 1. The molecule has 0 bridgehead atoms. The Morgan fingerprint density at radius 1 is 1.35 bits per heavy atom. The molecule has 0 saturated carbocycles. The fourth-order valence-electron chi connectivity index (χ4n) is 3.41. The largest absolute Gasteiger partial charge is 0.381 e. The highest BCUT2D eigenvalue weighted by Gasteiger charge is 2.22. The summed E-state index contributed by atoms with van der Waals surface area (Å²) in [5, 5.41) is 0. The van der Waals surface area contributed by atoms with Crippen LogP contribution in [0.15, 0.2) is 18.2 Å². The van der Waals surface area contributed by atoms with Gasteiger partial charge in [-0.05, 0) is 55.7 Å². The summed E-state index contributed by atoms with van der Waals surface area (Å²) in [6.07, 6.45) is 4.88. The van der Waals surface area contributed by atoms with Crippen LogP contribution < -0.4 is 10.6 Å². The Morgan fingerprint density at radius 3 is 2.90 bits per heavy atom. The molecule has 3 nitrogen and oxygen atoms in total. The standard InChI is InChI=1S/C17H26N2O/c1-13(18)15-4-5-17-16(11-15)3-2-8-19(17)12-14-6-9-20-10-7-14/h4-5,11,13-14H,2-3,6-10,12,18H2,1H3. The van der Waals surface area contributed by atoms with Crippen molar-refractivity contribution >= 4 is 5.69 Å². The van der Waals surface area contributed by atoms with Crippen molar-refractivity contribution in [1.82, 2.24) is 0 Å². The molecule has 2 heterocycles. The minimum atomic E-state index is 0.131. The van der Waals surface area contributed by atoms with Crippen LogP contribution in [-0.2, 0) is 11.2 Å². The summed E-state index contributed by atoms with van der Waals surface area (Å²) < 4.78 is 5.47. The summed E-state index contributed by atoms with van der Waals surface area (Å²) in [5.41, 5.74) is 10.2. The van der Waals surface area contributed by atoms with Crippen LogP contribution >= 0.6 is 0 Å². The lowest BCUT2D eigenvalue weighted by atomic mass is 9.94. The van der Waals surface area contributed by atoms with Crippen LogP contribution in [0.1, 0.15) is 43.4 Å². The van der Waals surface area contributed by atoms with Gasteiger partial charge in [-0.2, -0.15) is 0 Å². The fourth-order valence-corrected chi connectivity index (χ4v) is 3.41. The molecule has 1 saturated heterocycles. The van der Waals surface area contributed by atoms with Gasteiger partial charge in [-0.15, -0.1) is 0 Å². The van der Waals surface area contributed by atoms with Crippen LogP contribution in [0, 0.1) is 5.92 Å². The number of anilines is 1. The molecule has 1 fully saturated rings. The minimum absolute atomic E-state index is 0.131. The van der Waals surface area contributed by atoms with Crippen LogP contribution in [0.25, 0.3) is 0 Å². The van der Waals surface area contributed by atoms with Crippen LogP contribution in [0.2, 0.25) is 0 Å². The van der Waals surface area contributed by atoms with E-state index in [2.05, 4.69) is 30.0 Å². The number of aryl methyl sites for hydroxylation is 1. The smallest absolute Gasteiger partial charge is 0.0469 e. The molecule has 0 aliphatic carbocycles. The van der Waals surface area contributed by atoms with Crippen LogP contribution in [-0.4, -0.2) is 26.3 Å². The molecule has 1 aromatic carbocycles. The Kier molecular flexibility index (Phi) is 4.27. The second-order valence-electron chi connectivity index (χ2n) is 6.28. The molecule has 2 aliphatic heterocycles. The van der Waals surface area contributed by atoms with E-state index in [4.69, 9.17) is 10.5 Å². The second kappa shape index (κ2) is 6.15. The van der Waals surface area contributed by atoms with Gasteiger partial charge in [-0.3, -0.25) is 0 Å². The maximum atomic E-state index is 6.00. The third kappa shape index (κ3) is 2.99. The van der Waals surface area contributed by atoms with Crippen molar-refractivity contribution < 1.29 is 4.74 Å². The number of rotatable bonds is 3. The lowest BCUT2D eigenvalue weighted by molar-refractivity contribution is 0.0681. The molecule has 2 N–H and O–H groups in total. The van der Waals surface area contributed by atoms with Gasteiger partial charge in [0.1, 0.15) is 0 Å². The molecular weight excluding hydrogens is 248 g/mol. The molecule has 2 aliphatic rings. The normalized spacial score (nSPS) is 21.6. The maximum Gasteiger partial charge on any atom is 0.0469 e. The van der Waals surface area contributed by atoms with E-state index in [1.165, 1.54) is 55.6 Å². The number of hydrogen-bond donors (Lipinski definition) is 1. The Hall–Kier alpha value is -1.06. The first kappa shape index (κ1) is 13.9. The first-order valence-corrected chi connectivity index (χ1v) is 7.95. The van der Waals surface area contributed by atoms with E-state index in [9.17, 15) is 0 Å². The first-order chi connectivity index (χ1) is 9.74. The molecule has 0 amide bonds. The monoisotopic (exact) mass is 274 g/mol. The van der Waals surface area contributed by atoms with Crippen LogP contribution in [0.4, 0.5) is 5.69 Å². The number of fused-ring (bicyclic) bond motifs is 1. The van der Waals surface area contributed by atoms with Gasteiger partial charge in [-0.25, -0.2) is 0 Å². The Bertz CT molecular complexity index is 452. The van der Waals surface area contributed by atoms with Crippen LogP contribution in [0.5, 0.6) is 0 Å². The zero-order valence-electron chi connectivity index (χ0n) is 12.5. The van der Waals surface area contributed by atoms with E-state index in [-0.39, 0.29) is 6.04 Å². The molecule has 0 spiro atoms. The predicted octanol–water partition coefficient (Wildman–Crippen LogP) is 2.89. The predicted molar refractivity (Wildman–Crippen MR) is 83.1 cm³/mol. The molecular formula is C17H26N2O. The van der Waals surface area contributed by atoms with Crippen molar-refractivity contribution in [3.05, 3.63) is 29.3 Å². The summed E-state index contributed by atoms with van der Waals surface area (Å²) in [6, 6.07) is 6.93. The number of ether oxygens (including phenoxy) is 1. The molecule has 1 unspecified atom stereocenters. The summed E-state index contributed by atoms with van der Waals surface area (Å²) in [7, 11) is 0. The summed E-state index contributed by atoms with van der Waals surface area (Å²) in [6.45, 7) is 6.32. The van der Waals surface area contributed by atoms with E-state index in [1.807, 2.05) is 0 Å². The zero-order valence-corrected chi connectivity index (χ0v) is 12.5. The Balaban J connectivity index is 1.75. The minimum Gasteiger partial charge on any atom is -0.381 e. The van der Waals surface area contributed by atoms with Crippen molar-refractivity contribution in [3.8, 4) is 0 Å². The summed E-state index contributed by atoms with van der Waals surface area (Å²) >= 11 is 0. The van der Waals surface area contributed by atoms with Crippen LogP contribution in [0.3, 0.4) is 0 Å². The molecule has 1 aromatic rings. The van der Waals surface area contributed by atoms with Crippen molar-refractivity contribution in [2.45, 2.75) is 38.6 Å². The van der Waals surface area contributed by atoms with Crippen molar-refractivity contribution in [1.29, 1.82) is 0 Å². The first-order valence-electron chi connectivity index (χ1n) is 7.95. The Morgan fingerprint density at radius 2 is 2.15 bits per heavy atom. The van der Waals surface area contributed by atoms with Gasteiger partial charge in [0.05, 0.1) is 0 Å². The van der Waals surface area contributed by atoms with Gasteiger partial charge in [-0.1, -0.05) is 12.1 Å². The molecule has 110 valence electrons. The fraction of sp³-hybridized carbons (Fsp3) is 0.647. The topological polar surface area (TPSA) is 38.5 Å².